The molecule has 2 nitrogen and oxygen atoms in total. The van der Waals surface area contributed by atoms with Crippen molar-refractivity contribution in [3.63, 3.8) is 0 Å². The van der Waals surface area contributed by atoms with Crippen molar-refractivity contribution in [3.05, 3.63) is 48.5 Å². The second-order valence-electron chi connectivity index (χ2n) is 3.86. The first-order valence-electron chi connectivity index (χ1n) is 6.49. The van der Waals surface area contributed by atoms with Gasteiger partial charge in [-0.2, -0.15) is 0 Å². The van der Waals surface area contributed by atoms with Gasteiger partial charge < -0.3 is 9.47 Å². The first-order chi connectivity index (χ1) is 9.65. The Kier molecular flexibility index (Phi) is 8.07. The Bertz CT molecular complexity index is 468. The van der Waals surface area contributed by atoms with Crippen molar-refractivity contribution in [2.45, 2.75) is 23.6 Å². The third-order valence-electron chi connectivity index (χ3n) is 2.26. The summed E-state index contributed by atoms with van der Waals surface area (Å²) in [6.07, 6.45) is 0. The van der Waals surface area contributed by atoms with Gasteiger partial charge in [-0.05, 0) is 50.2 Å². The lowest BCUT2D eigenvalue weighted by Gasteiger charge is -2.01. The van der Waals surface area contributed by atoms with Crippen molar-refractivity contribution in [3.8, 4) is 11.5 Å². The lowest BCUT2D eigenvalue weighted by atomic mass is 10.3. The van der Waals surface area contributed by atoms with Crippen LogP contribution in [0.4, 0.5) is 0 Å². The molecule has 0 heterocycles. The summed E-state index contributed by atoms with van der Waals surface area (Å²) in [5, 5.41) is 0. The summed E-state index contributed by atoms with van der Waals surface area (Å²) in [5.41, 5.74) is 0. The van der Waals surface area contributed by atoms with Crippen LogP contribution in [0.2, 0.25) is 0 Å². The third-order valence-corrected chi connectivity index (χ3v) is 2.81. The highest BCUT2D eigenvalue weighted by Crippen LogP contribution is 2.15. The smallest absolute Gasteiger partial charge is 0.120 e. The molecule has 0 amide bonds. The Labute approximate surface area is 131 Å². The Morgan fingerprint density at radius 3 is 1.45 bits per heavy atom. The quantitative estimate of drug-likeness (QED) is 0.794. The maximum absolute atomic E-state index is 5.24. The molecule has 0 saturated carbocycles. The maximum Gasteiger partial charge on any atom is 0.120 e. The fraction of sp³-hybridized carbons (Fsp3) is 0.250. The topological polar surface area (TPSA) is 18.5 Å². The first kappa shape index (κ1) is 16.8. The van der Waals surface area contributed by atoms with Crippen molar-refractivity contribution in [1.82, 2.24) is 0 Å². The average Bonchev–Trinajstić information content (AvgIpc) is 2.40. The standard InChI is InChI=1S/2C8H10OS/c2*1-2-9-7-4-3-5-8(10)6-7/h2*3-6,10H,2H2,1H3. The van der Waals surface area contributed by atoms with E-state index >= 15 is 0 Å². The minimum absolute atomic E-state index is 0.706. The van der Waals surface area contributed by atoms with E-state index in [2.05, 4.69) is 25.3 Å². The van der Waals surface area contributed by atoms with Crippen LogP contribution in [-0.2, 0) is 0 Å². The Hall–Kier alpha value is -1.26. The summed E-state index contributed by atoms with van der Waals surface area (Å²) in [6, 6.07) is 15.3. The second kappa shape index (κ2) is 9.61. The molecule has 0 unspecified atom stereocenters. The normalized spacial score (nSPS) is 9.40. The van der Waals surface area contributed by atoms with Crippen LogP contribution < -0.4 is 9.47 Å². The lowest BCUT2D eigenvalue weighted by molar-refractivity contribution is 0.339. The zero-order valence-electron chi connectivity index (χ0n) is 11.7. The van der Waals surface area contributed by atoms with Crippen LogP contribution in [0.3, 0.4) is 0 Å². The van der Waals surface area contributed by atoms with Gasteiger partial charge in [-0.1, -0.05) is 12.1 Å². The van der Waals surface area contributed by atoms with Gasteiger partial charge in [0.2, 0.25) is 0 Å². The second-order valence-corrected chi connectivity index (χ2v) is 4.89. The van der Waals surface area contributed by atoms with E-state index < -0.39 is 0 Å². The number of thiol groups is 2. The number of hydrogen-bond donors (Lipinski definition) is 2. The van der Waals surface area contributed by atoms with E-state index in [0.29, 0.717) is 13.2 Å². The van der Waals surface area contributed by atoms with E-state index in [-0.39, 0.29) is 0 Å². The van der Waals surface area contributed by atoms with Gasteiger partial charge in [0, 0.05) is 9.79 Å². The summed E-state index contributed by atoms with van der Waals surface area (Å²) >= 11 is 8.33. The zero-order valence-corrected chi connectivity index (χ0v) is 13.5. The molecular formula is C16H20O2S2. The molecule has 0 bridgehead atoms. The molecule has 0 N–H and O–H groups in total. The van der Waals surface area contributed by atoms with Crippen molar-refractivity contribution in [1.29, 1.82) is 0 Å². The van der Waals surface area contributed by atoms with Gasteiger partial charge in [-0.3, -0.25) is 0 Å². The highest BCUT2D eigenvalue weighted by atomic mass is 32.1. The Balaban J connectivity index is 0.000000200. The van der Waals surface area contributed by atoms with Crippen LogP contribution in [0.15, 0.2) is 58.3 Å². The van der Waals surface area contributed by atoms with Crippen LogP contribution in [0.5, 0.6) is 11.5 Å². The molecule has 2 aromatic rings. The highest BCUT2D eigenvalue weighted by molar-refractivity contribution is 7.80. The van der Waals surface area contributed by atoms with Gasteiger partial charge in [0.25, 0.3) is 0 Å². The van der Waals surface area contributed by atoms with Crippen molar-refractivity contribution >= 4 is 25.3 Å². The molecule has 0 fully saturated rings. The van der Waals surface area contributed by atoms with E-state index in [4.69, 9.17) is 9.47 Å². The van der Waals surface area contributed by atoms with Gasteiger partial charge in [0.1, 0.15) is 11.5 Å². The zero-order chi connectivity index (χ0) is 14.8. The lowest BCUT2D eigenvalue weighted by Crippen LogP contribution is -1.90. The third kappa shape index (κ3) is 6.78. The van der Waals surface area contributed by atoms with Crippen LogP contribution in [0.1, 0.15) is 13.8 Å². The van der Waals surface area contributed by atoms with E-state index in [0.717, 1.165) is 21.3 Å². The molecule has 20 heavy (non-hydrogen) atoms. The molecule has 0 aromatic heterocycles. The molecule has 0 saturated heterocycles. The molecule has 0 spiro atoms. The summed E-state index contributed by atoms with van der Waals surface area (Å²) in [5.74, 6) is 1.77. The largest absolute Gasteiger partial charge is 0.494 e. The van der Waals surface area contributed by atoms with Gasteiger partial charge >= 0.3 is 0 Å². The molecule has 0 aliphatic heterocycles. The molecule has 0 atom stereocenters. The average molecular weight is 308 g/mol. The predicted molar refractivity (Wildman–Crippen MR) is 89.7 cm³/mol. The highest BCUT2D eigenvalue weighted by Gasteiger charge is 1.90. The van der Waals surface area contributed by atoms with Crippen LogP contribution >= 0.6 is 25.3 Å². The van der Waals surface area contributed by atoms with Gasteiger partial charge in [0.05, 0.1) is 13.2 Å². The summed E-state index contributed by atoms with van der Waals surface area (Å²) in [7, 11) is 0. The van der Waals surface area contributed by atoms with Crippen LogP contribution in [-0.4, -0.2) is 13.2 Å². The summed E-state index contributed by atoms with van der Waals surface area (Å²) in [6.45, 7) is 5.34. The van der Waals surface area contributed by atoms with Crippen molar-refractivity contribution in [2.24, 2.45) is 0 Å². The number of hydrogen-bond acceptors (Lipinski definition) is 4. The molecule has 108 valence electrons. The van der Waals surface area contributed by atoms with E-state index in [1.165, 1.54) is 0 Å². The molecular weight excluding hydrogens is 288 g/mol. The minimum atomic E-state index is 0.706. The van der Waals surface area contributed by atoms with Crippen molar-refractivity contribution < 1.29 is 9.47 Å². The van der Waals surface area contributed by atoms with Crippen molar-refractivity contribution in [2.75, 3.05) is 13.2 Å². The summed E-state index contributed by atoms with van der Waals surface area (Å²) in [4.78, 5) is 1.87. The van der Waals surface area contributed by atoms with Gasteiger partial charge in [-0.25, -0.2) is 0 Å². The molecule has 2 aromatic carbocycles. The molecule has 2 rings (SSSR count). The minimum Gasteiger partial charge on any atom is -0.494 e. The monoisotopic (exact) mass is 308 g/mol. The van der Waals surface area contributed by atoms with Crippen LogP contribution in [0, 0.1) is 0 Å². The SMILES string of the molecule is CCOc1cccc(S)c1.CCOc1cccc(S)c1. The number of benzene rings is 2. The number of rotatable bonds is 4. The van der Waals surface area contributed by atoms with Crippen LogP contribution in [0.25, 0.3) is 0 Å². The molecule has 0 radical (unpaired) electrons. The number of ether oxygens (including phenoxy) is 2. The van der Waals surface area contributed by atoms with E-state index in [9.17, 15) is 0 Å². The Morgan fingerprint density at radius 2 is 1.15 bits per heavy atom. The van der Waals surface area contributed by atoms with Gasteiger partial charge in [0.15, 0.2) is 0 Å². The molecule has 0 aliphatic carbocycles. The fourth-order valence-electron chi connectivity index (χ4n) is 1.48. The molecule has 4 heteroatoms. The first-order valence-corrected chi connectivity index (χ1v) is 7.38. The van der Waals surface area contributed by atoms with E-state index in [1.807, 2.05) is 62.4 Å². The fourth-order valence-corrected chi connectivity index (χ4v) is 1.91. The maximum atomic E-state index is 5.24. The Morgan fingerprint density at radius 1 is 0.750 bits per heavy atom. The molecule has 0 aliphatic rings. The van der Waals surface area contributed by atoms with Gasteiger partial charge in [-0.15, -0.1) is 25.3 Å². The summed E-state index contributed by atoms with van der Waals surface area (Å²) < 4.78 is 10.5. The van der Waals surface area contributed by atoms with E-state index in [1.54, 1.807) is 0 Å². The predicted octanol–water partition coefficient (Wildman–Crippen LogP) is 4.75.